The summed E-state index contributed by atoms with van der Waals surface area (Å²) in [6.45, 7) is 9.41. The van der Waals surface area contributed by atoms with Crippen LogP contribution >= 0.6 is 0 Å². The van der Waals surface area contributed by atoms with Crippen molar-refractivity contribution < 1.29 is 14.1 Å². The normalized spacial score (nSPS) is 19.1. The predicted molar refractivity (Wildman–Crippen MR) is 79.2 cm³/mol. The van der Waals surface area contributed by atoms with Crippen LogP contribution < -0.4 is 5.73 Å². The molecule has 1 aliphatic heterocycles. The molecule has 0 aromatic carbocycles. The first kappa shape index (κ1) is 15.8. The van der Waals surface area contributed by atoms with Crippen LogP contribution in [0.1, 0.15) is 50.1 Å². The number of nitrogens with zero attached hydrogens (tertiary/aromatic N) is 2. The molecule has 21 heavy (non-hydrogen) atoms. The van der Waals surface area contributed by atoms with Gasteiger partial charge in [-0.05, 0) is 47.1 Å². The van der Waals surface area contributed by atoms with Crippen LogP contribution in [0.25, 0.3) is 0 Å². The van der Waals surface area contributed by atoms with E-state index in [0.29, 0.717) is 19.6 Å². The molecule has 1 aromatic rings. The third-order valence-electron chi connectivity index (χ3n) is 3.62. The molecule has 1 atom stereocenters. The van der Waals surface area contributed by atoms with Crippen molar-refractivity contribution in [3.63, 3.8) is 0 Å². The SMILES string of the molecule is Cc1noc(C2CCN(C(=O)OC(C)(C)C)C2)c1CCN. The second-order valence-corrected chi connectivity index (χ2v) is 6.56. The maximum absolute atomic E-state index is 12.1. The Morgan fingerprint density at radius 3 is 2.86 bits per heavy atom. The Labute approximate surface area is 125 Å². The van der Waals surface area contributed by atoms with Crippen molar-refractivity contribution in [2.45, 2.75) is 52.1 Å². The second kappa shape index (κ2) is 6.05. The van der Waals surface area contributed by atoms with Gasteiger partial charge in [-0.15, -0.1) is 0 Å². The van der Waals surface area contributed by atoms with Crippen LogP contribution in [0.15, 0.2) is 4.52 Å². The van der Waals surface area contributed by atoms with Gasteiger partial charge in [0.05, 0.1) is 5.69 Å². The molecule has 2 N–H and O–H groups in total. The van der Waals surface area contributed by atoms with Crippen molar-refractivity contribution >= 4 is 6.09 Å². The number of hydrogen-bond acceptors (Lipinski definition) is 5. The first-order valence-corrected chi connectivity index (χ1v) is 7.45. The number of rotatable bonds is 3. The number of carbonyl (C=O) groups excluding carboxylic acids is 1. The first-order chi connectivity index (χ1) is 9.81. The number of amides is 1. The van der Waals surface area contributed by atoms with Gasteiger partial charge in [0.1, 0.15) is 11.4 Å². The molecule has 1 fully saturated rings. The van der Waals surface area contributed by atoms with Crippen molar-refractivity contribution in [1.82, 2.24) is 10.1 Å². The zero-order valence-corrected chi connectivity index (χ0v) is 13.3. The van der Waals surface area contributed by atoms with Crippen LogP contribution in [0.3, 0.4) is 0 Å². The largest absolute Gasteiger partial charge is 0.444 e. The molecule has 1 amide bonds. The zero-order valence-electron chi connectivity index (χ0n) is 13.3. The minimum absolute atomic E-state index is 0.181. The molecule has 0 aliphatic carbocycles. The van der Waals surface area contributed by atoms with E-state index < -0.39 is 5.60 Å². The summed E-state index contributed by atoms with van der Waals surface area (Å²) in [6.07, 6.45) is 1.36. The molecule has 0 bridgehead atoms. The summed E-state index contributed by atoms with van der Waals surface area (Å²) >= 11 is 0. The lowest BCUT2D eigenvalue weighted by Crippen LogP contribution is -2.35. The van der Waals surface area contributed by atoms with Gasteiger partial charge in [0.25, 0.3) is 0 Å². The fraction of sp³-hybridized carbons (Fsp3) is 0.733. The molecule has 6 nitrogen and oxygen atoms in total. The standard InChI is InChI=1S/C15H25N3O3/c1-10-12(5-7-16)13(21-17-10)11-6-8-18(9-11)14(19)20-15(2,3)4/h11H,5-9,16H2,1-4H3. The van der Waals surface area contributed by atoms with Gasteiger partial charge in [-0.25, -0.2) is 4.79 Å². The molecule has 1 saturated heterocycles. The maximum atomic E-state index is 12.1. The van der Waals surface area contributed by atoms with Crippen molar-refractivity contribution in [2.24, 2.45) is 5.73 Å². The smallest absolute Gasteiger partial charge is 0.410 e. The van der Waals surface area contributed by atoms with Crippen LogP contribution in [0.4, 0.5) is 4.79 Å². The molecular weight excluding hydrogens is 270 g/mol. The molecule has 0 radical (unpaired) electrons. The minimum Gasteiger partial charge on any atom is -0.444 e. The predicted octanol–water partition coefficient (Wildman–Crippen LogP) is 2.21. The maximum Gasteiger partial charge on any atom is 0.410 e. The van der Waals surface area contributed by atoms with Crippen LogP contribution in [-0.2, 0) is 11.2 Å². The lowest BCUT2D eigenvalue weighted by atomic mass is 9.99. The minimum atomic E-state index is -0.470. The summed E-state index contributed by atoms with van der Waals surface area (Å²) in [5.74, 6) is 1.06. The Morgan fingerprint density at radius 2 is 2.24 bits per heavy atom. The van der Waals surface area contributed by atoms with E-state index in [-0.39, 0.29) is 12.0 Å². The Balaban J connectivity index is 2.04. The number of ether oxygens (including phenoxy) is 1. The van der Waals surface area contributed by atoms with Gasteiger partial charge in [0, 0.05) is 24.6 Å². The molecular formula is C15H25N3O3. The molecule has 1 aromatic heterocycles. The highest BCUT2D eigenvalue weighted by molar-refractivity contribution is 5.68. The molecule has 6 heteroatoms. The number of aromatic nitrogens is 1. The van der Waals surface area contributed by atoms with Gasteiger partial charge in [-0.3, -0.25) is 0 Å². The van der Waals surface area contributed by atoms with E-state index in [1.807, 2.05) is 27.7 Å². The van der Waals surface area contributed by atoms with E-state index in [2.05, 4.69) is 5.16 Å². The van der Waals surface area contributed by atoms with Crippen LogP contribution in [-0.4, -0.2) is 41.4 Å². The van der Waals surface area contributed by atoms with Crippen LogP contribution in [0, 0.1) is 6.92 Å². The lowest BCUT2D eigenvalue weighted by molar-refractivity contribution is 0.0291. The van der Waals surface area contributed by atoms with E-state index in [0.717, 1.165) is 29.9 Å². The molecule has 2 rings (SSSR count). The summed E-state index contributed by atoms with van der Waals surface area (Å²) in [5, 5.41) is 4.04. The average molecular weight is 295 g/mol. The highest BCUT2D eigenvalue weighted by atomic mass is 16.6. The Morgan fingerprint density at radius 1 is 1.52 bits per heavy atom. The van der Waals surface area contributed by atoms with Crippen molar-refractivity contribution in [2.75, 3.05) is 19.6 Å². The molecule has 118 valence electrons. The third kappa shape index (κ3) is 3.75. The Bertz CT molecular complexity index is 505. The van der Waals surface area contributed by atoms with Gasteiger partial charge >= 0.3 is 6.09 Å². The first-order valence-electron chi connectivity index (χ1n) is 7.45. The summed E-state index contributed by atoms with van der Waals surface area (Å²) in [4.78, 5) is 13.8. The molecule has 1 aliphatic rings. The zero-order chi connectivity index (χ0) is 15.6. The quantitative estimate of drug-likeness (QED) is 0.924. The highest BCUT2D eigenvalue weighted by Crippen LogP contribution is 2.31. The molecule has 0 spiro atoms. The third-order valence-corrected chi connectivity index (χ3v) is 3.62. The summed E-state index contributed by atoms with van der Waals surface area (Å²) in [6, 6.07) is 0. The van der Waals surface area contributed by atoms with E-state index >= 15 is 0 Å². The van der Waals surface area contributed by atoms with Crippen molar-refractivity contribution in [3.8, 4) is 0 Å². The Kier molecular flexibility index (Phi) is 4.56. The second-order valence-electron chi connectivity index (χ2n) is 6.56. The van der Waals surface area contributed by atoms with Gasteiger partial charge in [0.15, 0.2) is 0 Å². The monoisotopic (exact) mass is 295 g/mol. The molecule has 2 heterocycles. The van der Waals surface area contributed by atoms with Crippen molar-refractivity contribution in [1.29, 1.82) is 0 Å². The highest BCUT2D eigenvalue weighted by Gasteiger charge is 2.34. The van der Waals surface area contributed by atoms with E-state index in [1.165, 1.54) is 0 Å². The number of aryl methyl sites for hydroxylation is 1. The van der Waals surface area contributed by atoms with Gasteiger partial charge in [-0.1, -0.05) is 5.16 Å². The van der Waals surface area contributed by atoms with E-state index in [4.69, 9.17) is 15.0 Å². The number of hydrogen-bond donors (Lipinski definition) is 1. The van der Waals surface area contributed by atoms with Crippen LogP contribution in [0.2, 0.25) is 0 Å². The summed E-state index contributed by atoms with van der Waals surface area (Å²) < 4.78 is 10.9. The fourth-order valence-corrected chi connectivity index (χ4v) is 2.64. The van der Waals surface area contributed by atoms with Gasteiger partial charge < -0.3 is 19.9 Å². The Hall–Kier alpha value is -1.56. The van der Waals surface area contributed by atoms with Crippen LogP contribution in [0.5, 0.6) is 0 Å². The van der Waals surface area contributed by atoms with Crippen molar-refractivity contribution in [3.05, 3.63) is 17.0 Å². The summed E-state index contributed by atoms with van der Waals surface area (Å²) in [5.41, 5.74) is 7.16. The summed E-state index contributed by atoms with van der Waals surface area (Å²) in [7, 11) is 0. The number of nitrogens with two attached hydrogens (primary N) is 1. The topological polar surface area (TPSA) is 81.6 Å². The van der Waals surface area contributed by atoms with Gasteiger partial charge in [-0.2, -0.15) is 0 Å². The lowest BCUT2D eigenvalue weighted by Gasteiger charge is -2.24. The van der Waals surface area contributed by atoms with Gasteiger partial charge in [0.2, 0.25) is 0 Å². The fourth-order valence-electron chi connectivity index (χ4n) is 2.64. The van der Waals surface area contributed by atoms with E-state index in [1.54, 1.807) is 4.90 Å². The van der Waals surface area contributed by atoms with E-state index in [9.17, 15) is 4.79 Å². The number of carbonyl (C=O) groups is 1. The molecule has 0 saturated carbocycles. The molecule has 1 unspecified atom stereocenters. The number of likely N-dealkylation sites (tertiary alicyclic amines) is 1. The average Bonchev–Trinajstić information content (AvgIpc) is 2.96.